The third-order valence-electron chi connectivity index (χ3n) is 2.91. The van der Waals surface area contributed by atoms with Gasteiger partial charge in [0, 0.05) is 29.7 Å². The Hall–Kier alpha value is -1.01. The number of hydrazine groups is 1. The van der Waals surface area contributed by atoms with Gasteiger partial charge in [0.2, 0.25) is 0 Å². The molecule has 5 nitrogen and oxygen atoms in total. The zero-order valence-electron chi connectivity index (χ0n) is 10.5. The fraction of sp³-hybridized carbons (Fsp3) is 0.636. The van der Waals surface area contributed by atoms with Crippen molar-refractivity contribution in [3.05, 3.63) is 11.4 Å². The highest BCUT2D eigenvalue weighted by Gasteiger charge is 2.21. The van der Waals surface area contributed by atoms with E-state index >= 15 is 0 Å². The second-order valence-electron chi connectivity index (χ2n) is 4.34. The quantitative estimate of drug-likeness (QED) is 0.612. The van der Waals surface area contributed by atoms with Crippen LogP contribution in [0.1, 0.15) is 18.3 Å². The number of thioether (sulfide) groups is 1. The number of nitrogen functional groups attached to an aromatic ring is 1. The smallest absolute Gasteiger partial charge is 0.148 e. The lowest BCUT2D eigenvalue weighted by atomic mass is 10.2. The van der Waals surface area contributed by atoms with Crippen LogP contribution >= 0.6 is 11.8 Å². The molecule has 3 N–H and O–H groups in total. The Bertz CT molecular complexity index is 409. The molecule has 1 saturated heterocycles. The monoisotopic (exact) mass is 253 g/mol. The van der Waals surface area contributed by atoms with Crippen molar-refractivity contribution in [3.63, 3.8) is 0 Å². The van der Waals surface area contributed by atoms with Crippen LogP contribution in [0, 0.1) is 13.8 Å². The maximum absolute atomic E-state index is 5.48. The predicted octanol–water partition coefficient (Wildman–Crippen LogP) is 1.32. The van der Waals surface area contributed by atoms with Gasteiger partial charge in [-0.3, -0.25) is 0 Å². The minimum absolute atomic E-state index is 0.646. The maximum atomic E-state index is 5.48. The molecule has 1 unspecified atom stereocenters. The van der Waals surface area contributed by atoms with Crippen molar-refractivity contribution in [1.82, 2.24) is 9.97 Å². The second-order valence-corrected chi connectivity index (χ2v) is 5.89. The molecule has 1 aliphatic heterocycles. The van der Waals surface area contributed by atoms with E-state index in [0.29, 0.717) is 5.25 Å². The van der Waals surface area contributed by atoms with E-state index in [-0.39, 0.29) is 0 Å². The molecule has 17 heavy (non-hydrogen) atoms. The zero-order chi connectivity index (χ0) is 12.4. The number of hydrogen-bond donors (Lipinski definition) is 2. The molecule has 0 spiro atoms. The first-order valence-electron chi connectivity index (χ1n) is 5.80. The predicted molar refractivity (Wildman–Crippen MR) is 73.4 cm³/mol. The minimum Gasteiger partial charge on any atom is -0.354 e. The largest absolute Gasteiger partial charge is 0.354 e. The van der Waals surface area contributed by atoms with Gasteiger partial charge in [0.25, 0.3) is 0 Å². The number of nitrogens with two attached hydrogens (primary N) is 1. The molecule has 1 aromatic heterocycles. The Morgan fingerprint density at radius 3 is 2.82 bits per heavy atom. The maximum Gasteiger partial charge on any atom is 0.148 e. The van der Waals surface area contributed by atoms with Crippen LogP contribution < -0.4 is 16.2 Å². The Kier molecular flexibility index (Phi) is 3.73. The Balaban J connectivity index is 2.33. The molecule has 6 heteroatoms. The molecule has 1 aromatic rings. The molecular weight excluding hydrogens is 234 g/mol. The molecule has 2 rings (SSSR count). The van der Waals surface area contributed by atoms with Crippen LogP contribution in [-0.4, -0.2) is 34.1 Å². The lowest BCUT2D eigenvalue weighted by Crippen LogP contribution is -2.38. The highest BCUT2D eigenvalue weighted by atomic mass is 32.2. The van der Waals surface area contributed by atoms with Gasteiger partial charge >= 0.3 is 0 Å². The molecule has 1 atom stereocenters. The van der Waals surface area contributed by atoms with Gasteiger partial charge in [-0.25, -0.2) is 15.8 Å². The van der Waals surface area contributed by atoms with Crippen LogP contribution in [0.4, 0.5) is 11.6 Å². The molecule has 0 saturated carbocycles. The summed E-state index contributed by atoms with van der Waals surface area (Å²) in [5.74, 6) is 9.12. The number of nitrogens with one attached hydrogen (secondary N) is 1. The molecule has 2 heterocycles. The van der Waals surface area contributed by atoms with Gasteiger partial charge in [0.15, 0.2) is 0 Å². The summed E-state index contributed by atoms with van der Waals surface area (Å²) < 4.78 is 0. The van der Waals surface area contributed by atoms with Crippen molar-refractivity contribution in [2.45, 2.75) is 26.0 Å². The van der Waals surface area contributed by atoms with Gasteiger partial charge in [-0.15, -0.1) is 0 Å². The van der Waals surface area contributed by atoms with E-state index in [1.165, 1.54) is 0 Å². The SMILES string of the molecule is Cc1nc(NN)c(C)c(N2CCSC(C)C2)n1. The van der Waals surface area contributed by atoms with Crippen LogP contribution in [0.5, 0.6) is 0 Å². The first-order chi connectivity index (χ1) is 8.11. The molecule has 0 aromatic carbocycles. The Labute approximate surface area is 106 Å². The van der Waals surface area contributed by atoms with Crippen molar-refractivity contribution in [3.8, 4) is 0 Å². The lowest BCUT2D eigenvalue weighted by molar-refractivity contribution is 0.761. The summed E-state index contributed by atoms with van der Waals surface area (Å²) in [6.07, 6.45) is 0. The second kappa shape index (κ2) is 5.10. The summed E-state index contributed by atoms with van der Waals surface area (Å²) in [6, 6.07) is 0. The van der Waals surface area contributed by atoms with Gasteiger partial charge in [-0.2, -0.15) is 11.8 Å². The summed E-state index contributed by atoms with van der Waals surface area (Å²) in [5.41, 5.74) is 3.67. The standard InChI is InChI=1S/C11H19N5S/c1-7-6-16(4-5-17-7)11-8(2)10(15-12)13-9(3)14-11/h7H,4-6,12H2,1-3H3,(H,13,14,15). The zero-order valence-corrected chi connectivity index (χ0v) is 11.3. The first kappa shape index (κ1) is 12.4. The van der Waals surface area contributed by atoms with Crippen molar-refractivity contribution in [1.29, 1.82) is 0 Å². The number of aryl methyl sites for hydroxylation is 1. The van der Waals surface area contributed by atoms with Gasteiger partial charge in [-0.1, -0.05) is 6.92 Å². The molecule has 0 amide bonds. The molecule has 1 fully saturated rings. The number of hydrogen-bond acceptors (Lipinski definition) is 6. The molecule has 0 aliphatic carbocycles. The Morgan fingerprint density at radius 1 is 1.41 bits per heavy atom. The summed E-state index contributed by atoms with van der Waals surface area (Å²) in [6.45, 7) is 8.23. The van der Waals surface area contributed by atoms with Crippen molar-refractivity contribution >= 4 is 23.4 Å². The fourth-order valence-electron chi connectivity index (χ4n) is 2.07. The van der Waals surface area contributed by atoms with E-state index < -0.39 is 0 Å². The summed E-state index contributed by atoms with van der Waals surface area (Å²) in [4.78, 5) is 11.2. The normalized spacial score (nSPS) is 20.5. The van der Waals surface area contributed by atoms with E-state index in [9.17, 15) is 0 Å². The first-order valence-corrected chi connectivity index (χ1v) is 6.85. The third-order valence-corrected chi connectivity index (χ3v) is 4.05. The van der Waals surface area contributed by atoms with Crippen molar-refractivity contribution in [2.24, 2.45) is 5.84 Å². The van der Waals surface area contributed by atoms with Gasteiger partial charge in [0.1, 0.15) is 17.5 Å². The number of rotatable bonds is 2. The van der Waals surface area contributed by atoms with Crippen LogP contribution in [0.2, 0.25) is 0 Å². The summed E-state index contributed by atoms with van der Waals surface area (Å²) >= 11 is 2.01. The lowest BCUT2D eigenvalue weighted by Gasteiger charge is -2.32. The van der Waals surface area contributed by atoms with Crippen LogP contribution in [0.25, 0.3) is 0 Å². The highest BCUT2D eigenvalue weighted by molar-refractivity contribution is 8.00. The average molecular weight is 253 g/mol. The molecule has 0 bridgehead atoms. The number of nitrogens with zero attached hydrogens (tertiary/aromatic N) is 3. The average Bonchev–Trinajstić information content (AvgIpc) is 2.31. The Morgan fingerprint density at radius 2 is 2.18 bits per heavy atom. The number of aromatic nitrogens is 2. The van der Waals surface area contributed by atoms with Crippen LogP contribution in [0.3, 0.4) is 0 Å². The van der Waals surface area contributed by atoms with Gasteiger partial charge < -0.3 is 10.3 Å². The van der Waals surface area contributed by atoms with Crippen LogP contribution in [0.15, 0.2) is 0 Å². The molecule has 1 aliphatic rings. The van der Waals surface area contributed by atoms with Crippen molar-refractivity contribution < 1.29 is 0 Å². The molecule has 0 radical (unpaired) electrons. The topological polar surface area (TPSA) is 67.1 Å². The van der Waals surface area contributed by atoms with E-state index in [2.05, 4.69) is 27.2 Å². The summed E-state index contributed by atoms with van der Waals surface area (Å²) in [7, 11) is 0. The molecule has 94 valence electrons. The minimum atomic E-state index is 0.646. The van der Waals surface area contributed by atoms with E-state index in [1.54, 1.807) is 0 Å². The van der Waals surface area contributed by atoms with Crippen molar-refractivity contribution in [2.75, 3.05) is 29.2 Å². The highest BCUT2D eigenvalue weighted by Crippen LogP contribution is 2.27. The van der Waals surface area contributed by atoms with Gasteiger partial charge in [0.05, 0.1) is 0 Å². The summed E-state index contributed by atoms with van der Waals surface area (Å²) in [5, 5.41) is 0.646. The van der Waals surface area contributed by atoms with E-state index in [1.807, 2.05) is 25.6 Å². The van der Waals surface area contributed by atoms with E-state index in [4.69, 9.17) is 5.84 Å². The fourth-order valence-corrected chi connectivity index (χ4v) is 3.09. The van der Waals surface area contributed by atoms with Crippen LogP contribution in [-0.2, 0) is 0 Å². The molecular formula is C11H19N5S. The van der Waals surface area contributed by atoms with Gasteiger partial charge in [-0.05, 0) is 13.8 Å². The third kappa shape index (κ3) is 2.63. The van der Waals surface area contributed by atoms with E-state index in [0.717, 1.165) is 41.9 Å². The number of anilines is 2.